The lowest BCUT2D eigenvalue weighted by Crippen LogP contribution is -2.38. The molecule has 0 aliphatic heterocycles. The van der Waals surface area contributed by atoms with E-state index in [1.54, 1.807) is 27.7 Å². The van der Waals surface area contributed by atoms with Crippen LogP contribution in [0.1, 0.15) is 27.7 Å². The highest BCUT2D eigenvalue weighted by Crippen LogP contribution is 2.15. The van der Waals surface area contributed by atoms with E-state index in [0.717, 1.165) is 0 Å². The first-order valence-electron chi connectivity index (χ1n) is 5.76. The van der Waals surface area contributed by atoms with Gasteiger partial charge in [0, 0.05) is 0 Å². The Balaban J connectivity index is -0.000000181. The summed E-state index contributed by atoms with van der Waals surface area (Å²) in [6.07, 6.45) is 0. The number of rotatable bonds is 7. The van der Waals surface area contributed by atoms with E-state index < -0.39 is 31.9 Å². The lowest BCUT2D eigenvalue weighted by molar-refractivity contribution is -0.105. The summed E-state index contributed by atoms with van der Waals surface area (Å²) in [5.74, 6) is -0.138. The van der Waals surface area contributed by atoms with E-state index in [2.05, 4.69) is 18.9 Å². The first-order chi connectivity index (χ1) is 10.3. The van der Waals surface area contributed by atoms with Crippen LogP contribution in [0.3, 0.4) is 0 Å². The molecule has 14 nitrogen and oxygen atoms in total. The van der Waals surface area contributed by atoms with Crippen LogP contribution in [0.15, 0.2) is 10.2 Å². The van der Waals surface area contributed by atoms with Crippen LogP contribution >= 0.6 is 24.8 Å². The summed E-state index contributed by atoms with van der Waals surface area (Å²) < 4.78 is 58.9. The highest BCUT2D eigenvalue weighted by Gasteiger charge is 2.25. The van der Waals surface area contributed by atoms with Gasteiger partial charge in [0.1, 0.15) is 22.7 Å². The molecule has 0 radical (unpaired) electrons. The first kappa shape index (κ1) is 32.5. The van der Waals surface area contributed by atoms with Crippen LogP contribution in [0.2, 0.25) is 0 Å². The van der Waals surface area contributed by atoms with Gasteiger partial charge in [-0.15, -0.1) is 24.8 Å². The maximum absolute atomic E-state index is 9.51. The fourth-order valence-electron chi connectivity index (χ4n) is 0.428. The van der Waals surface area contributed by atoms with E-state index in [9.17, 15) is 16.8 Å². The molecule has 0 fully saturated rings. The molecule has 26 heavy (non-hydrogen) atoms. The van der Waals surface area contributed by atoms with Gasteiger partial charge >= 0.3 is 20.8 Å². The molecule has 158 valence electrons. The summed E-state index contributed by atoms with van der Waals surface area (Å²) in [6, 6.07) is 0. The van der Waals surface area contributed by atoms with Crippen LogP contribution in [-0.4, -0.2) is 48.7 Å². The van der Waals surface area contributed by atoms with E-state index in [4.69, 9.17) is 31.4 Å². The lowest BCUT2D eigenvalue weighted by Gasteiger charge is -2.20. The minimum atomic E-state index is -5.02. The molecular formula is C8H22Cl2N6O8S2. The molecule has 0 spiro atoms. The van der Waals surface area contributed by atoms with E-state index in [1.165, 1.54) is 0 Å². The molecule has 0 aromatic heterocycles. The van der Waals surface area contributed by atoms with Gasteiger partial charge in [0.25, 0.3) is 0 Å². The average Bonchev–Trinajstić information content (AvgIpc) is 2.33. The minimum absolute atomic E-state index is 0. The van der Waals surface area contributed by atoms with Crippen molar-refractivity contribution in [3.05, 3.63) is 0 Å². The number of hydrogen-bond acceptors (Lipinski definition) is 10. The number of halogens is 2. The molecule has 0 amide bonds. The van der Waals surface area contributed by atoms with Crippen LogP contribution in [0.4, 0.5) is 0 Å². The summed E-state index contributed by atoms with van der Waals surface area (Å²) >= 11 is 0. The summed E-state index contributed by atoms with van der Waals surface area (Å²) in [4.78, 5) is 0. The minimum Gasteiger partial charge on any atom is -0.386 e. The zero-order chi connectivity index (χ0) is 20.0. The molecular weight excluding hydrogens is 443 g/mol. The van der Waals surface area contributed by atoms with Gasteiger partial charge in [-0.3, -0.25) is 19.9 Å². The molecule has 0 saturated carbocycles. The molecule has 0 unspecified atom stereocenters. The SMILES string of the molecule is CC(C)(N=NC(C)(C)C(=N)N)C(=N)N.Cl.Cl.O=S(=O)(O)OOS(=O)(=O)O. The predicted molar refractivity (Wildman–Crippen MR) is 96.6 cm³/mol. The molecule has 0 atom stereocenters. The summed E-state index contributed by atoms with van der Waals surface area (Å²) in [6.45, 7) is 6.70. The number of amidine groups is 2. The van der Waals surface area contributed by atoms with Crippen LogP contribution in [0.5, 0.6) is 0 Å². The Hall–Kier alpha value is -1.14. The van der Waals surface area contributed by atoms with Crippen LogP contribution in [-0.2, 0) is 29.5 Å². The Morgan fingerprint density at radius 2 is 1.00 bits per heavy atom. The molecule has 0 aromatic carbocycles. The molecule has 18 heteroatoms. The standard InChI is InChI=1S/C8H18N6.2ClH.H2O8S2/c1-7(2,5(9)10)13-14-8(3,4)6(11)12;;;1-9(2,3)7-8-10(4,5)6/h1-4H3,(H3,9,10)(H3,11,12);2*1H;(H,1,2,3)(H,4,5,6). The van der Waals surface area contributed by atoms with Crippen molar-refractivity contribution in [2.24, 2.45) is 21.7 Å². The van der Waals surface area contributed by atoms with Crippen molar-refractivity contribution < 1.29 is 34.6 Å². The van der Waals surface area contributed by atoms with Crippen molar-refractivity contribution in [1.82, 2.24) is 0 Å². The fraction of sp³-hybridized carbons (Fsp3) is 0.750. The molecule has 0 aliphatic rings. The van der Waals surface area contributed by atoms with Crippen LogP contribution in [0.25, 0.3) is 0 Å². The van der Waals surface area contributed by atoms with Crippen molar-refractivity contribution in [2.45, 2.75) is 38.8 Å². The maximum Gasteiger partial charge on any atom is 0.425 e. The summed E-state index contributed by atoms with van der Waals surface area (Å²) in [7, 11) is -10.0. The van der Waals surface area contributed by atoms with E-state index >= 15 is 0 Å². The second kappa shape index (κ2) is 11.5. The van der Waals surface area contributed by atoms with E-state index in [-0.39, 0.29) is 36.5 Å². The smallest absolute Gasteiger partial charge is 0.386 e. The number of nitrogens with zero attached hydrogens (tertiary/aromatic N) is 2. The zero-order valence-electron chi connectivity index (χ0n) is 14.0. The Morgan fingerprint density at radius 3 is 1.12 bits per heavy atom. The molecule has 0 rings (SSSR count). The van der Waals surface area contributed by atoms with Gasteiger partial charge in [-0.25, -0.2) is 0 Å². The van der Waals surface area contributed by atoms with E-state index in [1.807, 2.05) is 0 Å². The normalized spacial score (nSPS) is 12.2. The summed E-state index contributed by atoms with van der Waals surface area (Å²) in [5, 5.41) is 22.3. The van der Waals surface area contributed by atoms with Crippen LogP contribution in [0, 0.1) is 10.8 Å². The largest absolute Gasteiger partial charge is 0.425 e. The van der Waals surface area contributed by atoms with Gasteiger partial charge in [0.2, 0.25) is 0 Å². The van der Waals surface area contributed by atoms with Crippen molar-refractivity contribution in [3.8, 4) is 0 Å². The highest BCUT2D eigenvalue weighted by atomic mass is 35.5. The molecule has 0 heterocycles. The summed E-state index contributed by atoms with van der Waals surface area (Å²) in [5.41, 5.74) is 8.96. The average molecular weight is 465 g/mol. The van der Waals surface area contributed by atoms with Gasteiger partial charge in [0.15, 0.2) is 0 Å². The fourth-order valence-corrected chi connectivity index (χ4v) is 0.990. The van der Waals surface area contributed by atoms with Gasteiger partial charge in [-0.2, -0.15) is 27.1 Å². The van der Waals surface area contributed by atoms with Crippen molar-refractivity contribution in [1.29, 1.82) is 10.8 Å². The number of hydrogen-bond donors (Lipinski definition) is 6. The quantitative estimate of drug-likeness (QED) is 0.0746. The molecule has 0 bridgehead atoms. The monoisotopic (exact) mass is 464 g/mol. The van der Waals surface area contributed by atoms with Gasteiger partial charge < -0.3 is 11.5 Å². The van der Waals surface area contributed by atoms with Gasteiger partial charge in [-0.1, -0.05) is 8.67 Å². The Labute approximate surface area is 163 Å². The Bertz CT molecular complexity index is 646. The highest BCUT2D eigenvalue weighted by molar-refractivity contribution is 7.83. The topological polar surface area (TPSA) is 252 Å². The van der Waals surface area contributed by atoms with Crippen molar-refractivity contribution in [2.75, 3.05) is 0 Å². The van der Waals surface area contributed by atoms with Gasteiger partial charge in [0.05, 0.1) is 0 Å². The van der Waals surface area contributed by atoms with E-state index in [0.29, 0.717) is 0 Å². The molecule has 0 aromatic rings. The van der Waals surface area contributed by atoms with Gasteiger partial charge in [-0.05, 0) is 27.7 Å². The van der Waals surface area contributed by atoms with Crippen molar-refractivity contribution >= 4 is 57.3 Å². The molecule has 8 N–H and O–H groups in total. The maximum atomic E-state index is 9.51. The molecule has 0 aliphatic carbocycles. The second-order valence-electron chi connectivity index (χ2n) is 5.14. The molecule has 0 saturated heterocycles. The van der Waals surface area contributed by atoms with Crippen molar-refractivity contribution in [3.63, 3.8) is 0 Å². The Morgan fingerprint density at radius 1 is 0.808 bits per heavy atom. The van der Waals surface area contributed by atoms with Crippen LogP contribution < -0.4 is 11.5 Å². The second-order valence-corrected chi connectivity index (χ2v) is 7.12. The number of azo groups is 1. The third kappa shape index (κ3) is 17.7. The first-order valence-corrected chi connectivity index (χ1v) is 8.49. The lowest BCUT2D eigenvalue weighted by atomic mass is 10.1. The number of nitrogens with two attached hydrogens (primary N) is 2. The Kier molecular flexibility index (Phi) is 14.4. The third-order valence-electron chi connectivity index (χ3n) is 2.07. The third-order valence-corrected chi connectivity index (χ3v) is 2.63. The predicted octanol–water partition coefficient (Wildman–Crippen LogP) is 0.252. The number of nitrogens with one attached hydrogen (secondary N) is 2. The zero-order valence-corrected chi connectivity index (χ0v) is 17.3.